The number of carbonyl (C=O) groups is 3. The summed E-state index contributed by atoms with van der Waals surface area (Å²) in [7, 11) is 0. The van der Waals surface area contributed by atoms with Gasteiger partial charge in [-0.25, -0.2) is 4.79 Å². The highest BCUT2D eigenvalue weighted by molar-refractivity contribution is 7.17. The number of allylic oxidation sites excluding steroid dienone is 2. The smallest absolute Gasteiger partial charge is 0.341 e. The molecule has 0 fully saturated rings. The quantitative estimate of drug-likeness (QED) is 0.537. The molecule has 1 aliphatic carbocycles. The first-order chi connectivity index (χ1) is 13.9. The van der Waals surface area contributed by atoms with E-state index in [0.29, 0.717) is 23.4 Å². The van der Waals surface area contributed by atoms with Crippen LogP contribution in [0.1, 0.15) is 35.0 Å². The Morgan fingerprint density at radius 1 is 1.14 bits per heavy atom. The Morgan fingerprint density at radius 2 is 1.79 bits per heavy atom. The second kappa shape index (κ2) is 9.05. The molecule has 2 N–H and O–H groups in total. The second-order valence-electron chi connectivity index (χ2n) is 6.81. The van der Waals surface area contributed by atoms with Gasteiger partial charge in [-0.1, -0.05) is 42.5 Å². The molecular formula is C22H23NO5S. The summed E-state index contributed by atoms with van der Waals surface area (Å²) in [6, 6.07) is 9.45. The number of thiophene rings is 1. The number of hydrogen-bond acceptors (Lipinski definition) is 5. The fourth-order valence-electron chi connectivity index (χ4n) is 3.56. The number of ether oxygens (including phenoxy) is 1. The molecule has 152 valence electrons. The third kappa shape index (κ3) is 4.40. The molecule has 0 aliphatic heterocycles. The van der Waals surface area contributed by atoms with Gasteiger partial charge in [0.15, 0.2) is 0 Å². The molecule has 1 aromatic carbocycles. The van der Waals surface area contributed by atoms with Crippen molar-refractivity contribution in [2.75, 3.05) is 11.9 Å². The zero-order chi connectivity index (χ0) is 21.0. The summed E-state index contributed by atoms with van der Waals surface area (Å²) < 4.78 is 5.24. The molecule has 0 spiro atoms. The van der Waals surface area contributed by atoms with Crippen molar-refractivity contribution >= 4 is 34.2 Å². The van der Waals surface area contributed by atoms with Gasteiger partial charge in [-0.05, 0) is 32.3 Å². The van der Waals surface area contributed by atoms with Gasteiger partial charge in [0.2, 0.25) is 5.91 Å². The number of esters is 1. The molecule has 1 aliphatic rings. The molecule has 0 bridgehead atoms. The maximum atomic E-state index is 12.9. The molecular weight excluding hydrogens is 390 g/mol. The average molecular weight is 413 g/mol. The molecule has 29 heavy (non-hydrogen) atoms. The molecule has 6 nitrogen and oxygen atoms in total. The van der Waals surface area contributed by atoms with Gasteiger partial charge in [0.25, 0.3) is 0 Å². The fraction of sp³-hybridized carbons (Fsp3) is 0.318. The van der Waals surface area contributed by atoms with Crippen LogP contribution in [0.15, 0.2) is 42.5 Å². The minimum absolute atomic E-state index is 0.212. The molecule has 2 atom stereocenters. The predicted octanol–water partition coefficient (Wildman–Crippen LogP) is 4.51. The molecule has 2 aromatic rings. The lowest BCUT2D eigenvalue weighted by atomic mass is 9.82. The van der Waals surface area contributed by atoms with Crippen molar-refractivity contribution in [1.82, 2.24) is 0 Å². The van der Waals surface area contributed by atoms with Gasteiger partial charge in [0.05, 0.1) is 18.4 Å². The van der Waals surface area contributed by atoms with E-state index < -0.39 is 29.7 Å². The van der Waals surface area contributed by atoms with E-state index >= 15 is 0 Å². The number of aliphatic carboxylic acids is 1. The van der Waals surface area contributed by atoms with E-state index in [1.165, 1.54) is 11.3 Å². The van der Waals surface area contributed by atoms with Crippen LogP contribution < -0.4 is 5.32 Å². The maximum Gasteiger partial charge on any atom is 0.341 e. The molecule has 0 unspecified atom stereocenters. The van der Waals surface area contributed by atoms with Gasteiger partial charge in [0.1, 0.15) is 10.6 Å². The third-order valence-corrected chi connectivity index (χ3v) is 5.97. The first-order valence-corrected chi connectivity index (χ1v) is 10.3. The average Bonchev–Trinajstić information content (AvgIpc) is 3.04. The Labute approximate surface area is 173 Å². The van der Waals surface area contributed by atoms with Crippen molar-refractivity contribution in [3.05, 3.63) is 52.9 Å². The van der Waals surface area contributed by atoms with Gasteiger partial charge in [-0.15, -0.1) is 11.3 Å². The molecule has 0 radical (unpaired) electrons. The zero-order valence-electron chi connectivity index (χ0n) is 16.3. The lowest BCUT2D eigenvalue weighted by molar-refractivity contribution is -0.146. The number of nitrogens with one attached hydrogen (secondary N) is 1. The summed E-state index contributed by atoms with van der Waals surface area (Å²) in [6.07, 6.45) is 4.28. The Hall–Kier alpha value is -2.93. The number of aryl methyl sites for hydroxylation is 1. The summed E-state index contributed by atoms with van der Waals surface area (Å²) in [5.41, 5.74) is 1.89. The van der Waals surface area contributed by atoms with Crippen molar-refractivity contribution in [2.24, 2.45) is 11.8 Å². The summed E-state index contributed by atoms with van der Waals surface area (Å²) >= 11 is 1.29. The van der Waals surface area contributed by atoms with Crippen molar-refractivity contribution < 1.29 is 24.2 Å². The number of carboxylic acid groups (broad SMARTS) is 1. The third-order valence-electron chi connectivity index (χ3n) is 4.95. The molecule has 3 rings (SSSR count). The van der Waals surface area contributed by atoms with E-state index in [0.717, 1.165) is 16.0 Å². The standard InChI is InChI=1S/C22H23NO5S/c1-3-28-22(27)18-17(14-9-5-4-6-10-14)13(2)29-20(18)23-19(24)15-11-7-8-12-16(15)21(25)26/h4-10,15-16H,3,11-12H2,1-2H3,(H,23,24)(H,25,26)/t15-,16-/m0/s1. The van der Waals surface area contributed by atoms with Gasteiger partial charge >= 0.3 is 11.9 Å². The highest BCUT2D eigenvalue weighted by Gasteiger charge is 2.35. The van der Waals surface area contributed by atoms with E-state index in [1.54, 1.807) is 13.0 Å². The number of hydrogen-bond donors (Lipinski definition) is 2. The Morgan fingerprint density at radius 3 is 2.41 bits per heavy atom. The number of rotatable bonds is 6. The van der Waals surface area contributed by atoms with E-state index in [2.05, 4.69) is 5.32 Å². The van der Waals surface area contributed by atoms with Crippen LogP contribution in [0.3, 0.4) is 0 Å². The van der Waals surface area contributed by atoms with Crippen LogP contribution in [0.4, 0.5) is 5.00 Å². The normalized spacial score (nSPS) is 18.3. The molecule has 1 heterocycles. The van der Waals surface area contributed by atoms with Crippen molar-refractivity contribution in [1.29, 1.82) is 0 Å². The molecule has 1 aromatic heterocycles. The van der Waals surface area contributed by atoms with Crippen molar-refractivity contribution in [2.45, 2.75) is 26.7 Å². The minimum atomic E-state index is -0.993. The molecule has 0 saturated carbocycles. The first kappa shape index (κ1) is 20.8. The van der Waals surface area contributed by atoms with Crippen LogP contribution in [0.5, 0.6) is 0 Å². The second-order valence-corrected chi connectivity index (χ2v) is 8.03. The highest BCUT2D eigenvalue weighted by atomic mass is 32.1. The van der Waals surface area contributed by atoms with E-state index in [1.807, 2.05) is 43.3 Å². The minimum Gasteiger partial charge on any atom is -0.481 e. The molecule has 0 saturated heterocycles. The topological polar surface area (TPSA) is 92.7 Å². The number of carboxylic acids is 1. The van der Waals surface area contributed by atoms with Crippen LogP contribution in [0.25, 0.3) is 11.1 Å². The summed E-state index contributed by atoms with van der Waals surface area (Å²) in [6.45, 7) is 3.82. The van der Waals surface area contributed by atoms with Crippen molar-refractivity contribution in [3.63, 3.8) is 0 Å². The molecule has 1 amide bonds. The largest absolute Gasteiger partial charge is 0.481 e. The van der Waals surface area contributed by atoms with E-state index in [9.17, 15) is 19.5 Å². The van der Waals surface area contributed by atoms with E-state index in [-0.39, 0.29) is 6.61 Å². The van der Waals surface area contributed by atoms with Gasteiger partial charge < -0.3 is 15.2 Å². The first-order valence-electron chi connectivity index (χ1n) is 9.48. The Balaban J connectivity index is 1.99. The number of carbonyl (C=O) groups excluding carboxylic acids is 2. The fourth-order valence-corrected chi connectivity index (χ4v) is 4.63. The van der Waals surface area contributed by atoms with E-state index in [4.69, 9.17) is 4.74 Å². The highest BCUT2D eigenvalue weighted by Crippen LogP contribution is 2.41. The van der Waals surface area contributed by atoms with Crippen LogP contribution in [0.2, 0.25) is 0 Å². The van der Waals surface area contributed by atoms with Crippen LogP contribution >= 0.6 is 11.3 Å². The van der Waals surface area contributed by atoms with Crippen LogP contribution in [-0.4, -0.2) is 29.6 Å². The number of anilines is 1. The maximum absolute atomic E-state index is 12.9. The lowest BCUT2D eigenvalue weighted by Gasteiger charge is -2.24. The Kier molecular flexibility index (Phi) is 6.49. The van der Waals surface area contributed by atoms with Crippen LogP contribution in [-0.2, 0) is 14.3 Å². The number of benzene rings is 1. The van der Waals surface area contributed by atoms with Crippen molar-refractivity contribution in [3.8, 4) is 11.1 Å². The summed E-state index contributed by atoms with van der Waals surface area (Å²) in [5.74, 6) is -3.36. The van der Waals surface area contributed by atoms with Gasteiger partial charge in [-0.3, -0.25) is 9.59 Å². The monoisotopic (exact) mass is 413 g/mol. The van der Waals surface area contributed by atoms with Gasteiger partial charge in [0, 0.05) is 10.4 Å². The lowest BCUT2D eigenvalue weighted by Crippen LogP contribution is -2.34. The molecule has 7 heteroatoms. The zero-order valence-corrected chi connectivity index (χ0v) is 17.1. The summed E-state index contributed by atoms with van der Waals surface area (Å²) in [4.78, 5) is 38.1. The van der Waals surface area contributed by atoms with Gasteiger partial charge in [-0.2, -0.15) is 0 Å². The number of amides is 1. The SMILES string of the molecule is CCOC(=O)c1c(NC(=O)[C@H]2CC=CC[C@@H]2C(=O)O)sc(C)c1-c1ccccc1. The summed E-state index contributed by atoms with van der Waals surface area (Å²) in [5, 5.41) is 12.7. The van der Waals surface area contributed by atoms with Crippen LogP contribution in [0, 0.1) is 18.8 Å². The predicted molar refractivity (Wildman–Crippen MR) is 112 cm³/mol. The Bertz CT molecular complexity index is 948.